The van der Waals surface area contributed by atoms with Gasteiger partial charge in [0.1, 0.15) is 0 Å². The molecule has 0 aliphatic rings. The van der Waals surface area contributed by atoms with Gasteiger partial charge in [0.2, 0.25) is 0 Å². The topological polar surface area (TPSA) is 0 Å². The maximum absolute atomic E-state index is 5.55. The first-order valence-corrected chi connectivity index (χ1v) is 8.59. The Morgan fingerprint density at radius 2 is 0.810 bits per heavy atom. The van der Waals surface area contributed by atoms with Crippen LogP contribution in [0.15, 0.2) is 91.0 Å². The van der Waals surface area contributed by atoms with Crippen LogP contribution >= 0.6 is 10.8 Å². The third-order valence-electron chi connectivity index (χ3n) is 3.67. The van der Waals surface area contributed by atoms with Crippen LogP contribution in [0.3, 0.4) is 0 Å². The van der Waals surface area contributed by atoms with Crippen molar-refractivity contribution >= 4 is 22.5 Å². The summed E-state index contributed by atoms with van der Waals surface area (Å²) >= 11 is 5.55. The van der Waals surface area contributed by atoms with Crippen LogP contribution in [0.5, 0.6) is 0 Å². The molecular formula is C19H15S2-. The van der Waals surface area contributed by atoms with Crippen molar-refractivity contribution in [1.29, 1.82) is 0 Å². The Balaban J connectivity index is 2.29. The number of rotatable bonds is 4. The number of benzene rings is 3. The molecule has 0 bridgehead atoms. The van der Waals surface area contributed by atoms with Crippen molar-refractivity contribution in [3.8, 4) is 0 Å². The van der Waals surface area contributed by atoms with E-state index in [1.165, 1.54) is 27.5 Å². The molecule has 0 amide bonds. The second-order valence-electron chi connectivity index (χ2n) is 4.86. The van der Waals surface area contributed by atoms with Crippen LogP contribution in [0.25, 0.3) is 0 Å². The summed E-state index contributed by atoms with van der Waals surface area (Å²) in [6.45, 7) is 0. The first-order chi connectivity index (χ1) is 10.4. The van der Waals surface area contributed by atoms with Gasteiger partial charge in [-0.05, 0) is 16.7 Å². The quantitative estimate of drug-likeness (QED) is 0.370. The summed E-state index contributed by atoms with van der Waals surface area (Å²) in [5, 5.41) is 0. The average Bonchev–Trinajstić information content (AvgIpc) is 2.59. The van der Waals surface area contributed by atoms with Crippen molar-refractivity contribution in [2.45, 2.75) is 4.75 Å². The Hall–Kier alpha value is -1.64. The zero-order chi connectivity index (χ0) is 14.5. The third-order valence-corrected chi connectivity index (χ3v) is 5.37. The van der Waals surface area contributed by atoms with Crippen LogP contribution in [-0.4, -0.2) is 0 Å². The van der Waals surface area contributed by atoms with Gasteiger partial charge in [-0.25, -0.2) is 0 Å². The van der Waals surface area contributed by atoms with Gasteiger partial charge in [0, 0.05) is 0 Å². The summed E-state index contributed by atoms with van der Waals surface area (Å²) in [6.07, 6.45) is 0. The maximum atomic E-state index is 5.55. The number of hydrogen-bond acceptors (Lipinski definition) is 2. The molecule has 0 nitrogen and oxygen atoms in total. The molecule has 0 aromatic heterocycles. The second-order valence-corrected chi connectivity index (χ2v) is 6.14. The summed E-state index contributed by atoms with van der Waals surface area (Å²) in [5.41, 5.74) is 3.63. The molecule has 0 aliphatic carbocycles. The lowest BCUT2D eigenvalue weighted by molar-refractivity contribution is 0.903. The average molecular weight is 307 g/mol. The minimum absolute atomic E-state index is 0.348. The van der Waals surface area contributed by atoms with E-state index in [4.69, 9.17) is 11.7 Å². The van der Waals surface area contributed by atoms with E-state index in [-0.39, 0.29) is 4.75 Å². The molecule has 0 saturated heterocycles. The minimum Gasteiger partial charge on any atom is -0.718 e. The fourth-order valence-corrected chi connectivity index (χ4v) is 4.23. The van der Waals surface area contributed by atoms with E-state index in [2.05, 4.69) is 72.8 Å². The molecule has 0 radical (unpaired) electrons. The largest absolute Gasteiger partial charge is 0.718 e. The summed E-state index contributed by atoms with van der Waals surface area (Å²) in [5.74, 6) is 0. The highest BCUT2D eigenvalue weighted by atomic mass is 33.1. The molecule has 2 heteroatoms. The monoisotopic (exact) mass is 307 g/mol. The van der Waals surface area contributed by atoms with Gasteiger partial charge >= 0.3 is 0 Å². The predicted molar refractivity (Wildman–Crippen MR) is 94.2 cm³/mol. The lowest BCUT2D eigenvalue weighted by atomic mass is 9.84. The van der Waals surface area contributed by atoms with Crippen molar-refractivity contribution in [2.24, 2.45) is 0 Å². The molecule has 21 heavy (non-hydrogen) atoms. The summed E-state index contributed by atoms with van der Waals surface area (Å²) in [6, 6.07) is 31.5. The Morgan fingerprint density at radius 3 is 1.05 bits per heavy atom. The van der Waals surface area contributed by atoms with E-state index in [0.717, 1.165) is 0 Å². The Bertz CT molecular complexity index is 582. The first-order valence-electron chi connectivity index (χ1n) is 6.85. The Labute approximate surface area is 135 Å². The highest BCUT2D eigenvalue weighted by molar-refractivity contribution is 8.59. The first kappa shape index (κ1) is 14.3. The highest BCUT2D eigenvalue weighted by Crippen LogP contribution is 2.47. The van der Waals surface area contributed by atoms with Crippen molar-refractivity contribution in [1.82, 2.24) is 0 Å². The molecule has 104 valence electrons. The van der Waals surface area contributed by atoms with Crippen molar-refractivity contribution in [3.05, 3.63) is 108 Å². The molecule has 0 aliphatic heterocycles. The second kappa shape index (κ2) is 6.42. The Kier molecular flexibility index (Phi) is 4.37. The lowest BCUT2D eigenvalue weighted by Gasteiger charge is -2.39. The number of hydrogen-bond donors (Lipinski definition) is 0. The van der Waals surface area contributed by atoms with Gasteiger partial charge in [0.25, 0.3) is 0 Å². The zero-order valence-corrected chi connectivity index (χ0v) is 13.1. The van der Waals surface area contributed by atoms with Gasteiger partial charge in [0.15, 0.2) is 0 Å². The highest BCUT2D eigenvalue weighted by Gasteiger charge is 2.32. The molecule has 3 rings (SSSR count). The molecule has 0 fully saturated rings. The minimum atomic E-state index is -0.348. The molecule has 0 spiro atoms. The van der Waals surface area contributed by atoms with Crippen LogP contribution in [-0.2, 0) is 16.4 Å². The standard InChI is InChI=1S/C19H16S2/c20-21-19(16-10-4-1-5-11-16,17-12-6-2-7-13-17)18-14-8-3-9-15-18/h1-15,20H/p-1. The molecule has 0 N–H and O–H groups in total. The van der Waals surface area contributed by atoms with E-state index >= 15 is 0 Å². The van der Waals surface area contributed by atoms with Gasteiger partial charge in [0.05, 0.1) is 4.75 Å². The predicted octanol–water partition coefficient (Wildman–Crippen LogP) is 5.17. The fourth-order valence-electron chi connectivity index (χ4n) is 2.66. The molecule has 3 aromatic rings. The molecule has 0 atom stereocenters. The van der Waals surface area contributed by atoms with Crippen LogP contribution < -0.4 is 0 Å². The molecule has 0 heterocycles. The van der Waals surface area contributed by atoms with Crippen molar-refractivity contribution < 1.29 is 0 Å². The zero-order valence-electron chi connectivity index (χ0n) is 11.5. The SMILES string of the molecule is [S-]SC(c1ccccc1)(c1ccccc1)c1ccccc1. The van der Waals surface area contributed by atoms with E-state index in [9.17, 15) is 0 Å². The van der Waals surface area contributed by atoms with Gasteiger partial charge in [-0.15, -0.1) is 0 Å². The van der Waals surface area contributed by atoms with Gasteiger partial charge in [-0.2, -0.15) is 0 Å². The summed E-state index contributed by atoms with van der Waals surface area (Å²) < 4.78 is -0.348. The molecule has 0 unspecified atom stereocenters. The van der Waals surface area contributed by atoms with Gasteiger partial charge < -0.3 is 22.5 Å². The van der Waals surface area contributed by atoms with Crippen LogP contribution in [0.4, 0.5) is 0 Å². The fraction of sp³-hybridized carbons (Fsp3) is 0.0526. The Morgan fingerprint density at radius 1 is 0.524 bits per heavy atom. The lowest BCUT2D eigenvalue weighted by Crippen LogP contribution is -2.24. The van der Waals surface area contributed by atoms with Gasteiger partial charge in [-0.3, -0.25) is 0 Å². The normalized spacial score (nSPS) is 11.3. The summed E-state index contributed by atoms with van der Waals surface area (Å²) in [7, 11) is 1.46. The van der Waals surface area contributed by atoms with E-state index < -0.39 is 0 Å². The van der Waals surface area contributed by atoms with E-state index in [1.54, 1.807) is 0 Å². The van der Waals surface area contributed by atoms with Crippen LogP contribution in [0, 0.1) is 0 Å². The maximum Gasteiger partial charge on any atom is 0.0680 e. The van der Waals surface area contributed by atoms with Crippen LogP contribution in [0.2, 0.25) is 0 Å². The van der Waals surface area contributed by atoms with Crippen LogP contribution in [0.1, 0.15) is 16.7 Å². The smallest absolute Gasteiger partial charge is 0.0680 e. The van der Waals surface area contributed by atoms with Crippen molar-refractivity contribution in [2.75, 3.05) is 0 Å². The molecule has 0 saturated carbocycles. The summed E-state index contributed by atoms with van der Waals surface area (Å²) in [4.78, 5) is 0. The van der Waals surface area contributed by atoms with Crippen molar-refractivity contribution in [3.63, 3.8) is 0 Å². The van der Waals surface area contributed by atoms with E-state index in [0.29, 0.717) is 0 Å². The van der Waals surface area contributed by atoms with E-state index in [1.807, 2.05) is 18.2 Å². The third kappa shape index (κ3) is 2.61. The molecule has 3 aromatic carbocycles. The van der Waals surface area contributed by atoms with Gasteiger partial charge in [-0.1, -0.05) is 91.0 Å². The molecular weight excluding hydrogens is 292 g/mol.